The van der Waals surface area contributed by atoms with Crippen LogP contribution in [0.3, 0.4) is 0 Å². The van der Waals surface area contributed by atoms with Crippen LogP contribution in [-0.4, -0.2) is 42.4 Å². The summed E-state index contributed by atoms with van der Waals surface area (Å²) >= 11 is 0. The van der Waals surface area contributed by atoms with Gasteiger partial charge in [0.25, 0.3) is 11.8 Å². The molecule has 1 N–H and O–H groups in total. The highest BCUT2D eigenvalue weighted by Crippen LogP contribution is 2.14. The summed E-state index contributed by atoms with van der Waals surface area (Å²) in [6, 6.07) is 12.1. The van der Waals surface area contributed by atoms with E-state index in [2.05, 4.69) is 5.32 Å². The normalized spacial score (nSPS) is 10.3. The zero-order chi connectivity index (χ0) is 20.7. The van der Waals surface area contributed by atoms with Gasteiger partial charge in [-0.25, -0.2) is 4.79 Å². The van der Waals surface area contributed by atoms with Crippen molar-refractivity contribution in [2.75, 3.05) is 25.0 Å². The van der Waals surface area contributed by atoms with E-state index >= 15 is 0 Å². The minimum absolute atomic E-state index is 0.0950. The Morgan fingerprint density at radius 3 is 2.36 bits per heavy atom. The summed E-state index contributed by atoms with van der Waals surface area (Å²) in [5.74, 6) is -1.11. The van der Waals surface area contributed by atoms with Crippen molar-refractivity contribution < 1.29 is 19.1 Å². The van der Waals surface area contributed by atoms with Crippen LogP contribution in [0.2, 0.25) is 0 Å². The van der Waals surface area contributed by atoms with Gasteiger partial charge in [0.1, 0.15) is 0 Å². The van der Waals surface area contributed by atoms with E-state index in [1.165, 1.54) is 0 Å². The molecule has 2 aromatic carbocycles. The minimum atomic E-state index is -0.543. The van der Waals surface area contributed by atoms with E-state index in [9.17, 15) is 14.4 Å². The number of anilines is 1. The number of hydrogen-bond acceptors (Lipinski definition) is 4. The first-order valence-corrected chi connectivity index (χ1v) is 9.29. The molecule has 6 nitrogen and oxygen atoms in total. The molecule has 0 spiro atoms. The number of benzene rings is 2. The Morgan fingerprint density at radius 2 is 1.71 bits per heavy atom. The zero-order valence-corrected chi connectivity index (χ0v) is 16.7. The third kappa shape index (κ3) is 5.42. The third-order valence-corrected chi connectivity index (χ3v) is 4.38. The number of nitrogens with one attached hydrogen (secondary N) is 1. The fourth-order valence-electron chi connectivity index (χ4n) is 2.87. The molecule has 0 aliphatic rings. The Bertz CT molecular complexity index is 873. The summed E-state index contributed by atoms with van der Waals surface area (Å²) in [4.78, 5) is 38.4. The first-order chi connectivity index (χ1) is 13.3. The molecule has 0 aliphatic heterocycles. The number of esters is 1. The van der Waals surface area contributed by atoms with Crippen molar-refractivity contribution in [3.8, 4) is 0 Å². The maximum absolute atomic E-state index is 12.4. The lowest BCUT2D eigenvalue weighted by Crippen LogP contribution is -2.30. The topological polar surface area (TPSA) is 75.7 Å². The van der Waals surface area contributed by atoms with Crippen LogP contribution in [-0.2, 0) is 9.53 Å². The average Bonchev–Trinajstić information content (AvgIpc) is 2.67. The molecule has 0 saturated heterocycles. The van der Waals surface area contributed by atoms with Crippen molar-refractivity contribution in [3.63, 3.8) is 0 Å². The first-order valence-electron chi connectivity index (χ1n) is 9.29. The molecular weight excluding hydrogens is 356 g/mol. The minimum Gasteiger partial charge on any atom is -0.452 e. The highest BCUT2D eigenvalue weighted by Gasteiger charge is 2.15. The van der Waals surface area contributed by atoms with Gasteiger partial charge in [0.2, 0.25) is 0 Å². The lowest BCUT2D eigenvalue weighted by atomic mass is 10.1. The number of nitrogens with zero attached hydrogens (tertiary/aromatic N) is 1. The van der Waals surface area contributed by atoms with E-state index in [-0.39, 0.29) is 5.91 Å². The molecule has 0 saturated carbocycles. The maximum atomic E-state index is 12.4. The highest BCUT2D eigenvalue weighted by atomic mass is 16.5. The van der Waals surface area contributed by atoms with Crippen LogP contribution < -0.4 is 5.32 Å². The van der Waals surface area contributed by atoms with Crippen molar-refractivity contribution in [1.29, 1.82) is 0 Å². The van der Waals surface area contributed by atoms with Gasteiger partial charge in [-0.3, -0.25) is 9.59 Å². The van der Waals surface area contributed by atoms with Gasteiger partial charge >= 0.3 is 5.97 Å². The highest BCUT2D eigenvalue weighted by molar-refractivity contribution is 5.98. The van der Waals surface area contributed by atoms with Gasteiger partial charge in [-0.15, -0.1) is 0 Å². The molecule has 0 radical (unpaired) electrons. The molecule has 6 heteroatoms. The molecule has 2 amide bonds. The van der Waals surface area contributed by atoms with Gasteiger partial charge in [0, 0.05) is 24.3 Å². The number of ether oxygens (including phenoxy) is 1. The molecule has 148 valence electrons. The molecule has 0 heterocycles. The molecule has 0 bridgehead atoms. The summed E-state index contributed by atoms with van der Waals surface area (Å²) < 4.78 is 5.11. The van der Waals surface area contributed by atoms with Gasteiger partial charge in [0.05, 0.1) is 5.56 Å². The maximum Gasteiger partial charge on any atom is 0.338 e. The average molecular weight is 382 g/mol. The van der Waals surface area contributed by atoms with Crippen molar-refractivity contribution in [2.24, 2.45) is 0 Å². The Kier molecular flexibility index (Phi) is 7.32. The Morgan fingerprint density at radius 1 is 1.00 bits per heavy atom. The summed E-state index contributed by atoms with van der Waals surface area (Å²) in [5, 5.41) is 2.66. The predicted octanol–water partition coefficient (Wildman–Crippen LogP) is 3.58. The van der Waals surface area contributed by atoms with E-state index in [4.69, 9.17) is 4.74 Å². The summed E-state index contributed by atoms with van der Waals surface area (Å²) in [6.07, 6.45) is 0. The first kappa shape index (κ1) is 21.2. The van der Waals surface area contributed by atoms with Gasteiger partial charge in [-0.2, -0.15) is 0 Å². The molecule has 0 aliphatic carbocycles. The van der Waals surface area contributed by atoms with E-state index in [1.807, 2.05) is 39.8 Å². The number of carbonyl (C=O) groups excluding carboxylic acids is 3. The van der Waals surface area contributed by atoms with Crippen LogP contribution in [0.25, 0.3) is 0 Å². The van der Waals surface area contributed by atoms with Crippen molar-refractivity contribution in [2.45, 2.75) is 27.7 Å². The second-order valence-electron chi connectivity index (χ2n) is 6.50. The fraction of sp³-hybridized carbons (Fsp3) is 0.318. The molecule has 0 atom stereocenters. The molecule has 28 heavy (non-hydrogen) atoms. The molecule has 2 aromatic rings. The number of amides is 2. The molecule has 0 fully saturated rings. The zero-order valence-electron chi connectivity index (χ0n) is 16.7. The summed E-state index contributed by atoms with van der Waals surface area (Å²) in [6.45, 7) is 8.41. The predicted molar refractivity (Wildman–Crippen MR) is 109 cm³/mol. The van der Waals surface area contributed by atoms with Crippen LogP contribution >= 0.6 is 0 Å². The van der Waals surface area contributed by atoms with Gasteiger partial charge < -0.3 is 15.0 Å². The quantitative estimate of drug-likeness (QED) is 0.743. The van der Waals surface area contributed by atoms with Crippen LogP contribution in [0.5, 0.6) is 0 Å². The lowest BCUT2D eigenvalue weighted by Gasteiger charge is -2.19. The van der Waals surface area contributed by atoms with Crippen molar-refractivity contribution in [3.05, 3.63) is 64.7 Å². The summed E-state index contributed by atoms with van der Waals surface area (Å²) in [7, 11) is 0. The van der Waals surface area contributed by atoms with Crippen molar-refractivity contribution >= 4 is 23.5 Å². The monoisotopic (exact) mass is 382 g/mol. The standard InChI is InChI=1S/C22H26N2O4/c1-5-24(6-2)21(26)17-8-7-9-18(13-17)23-20(25)14-28-22(27)19-11-10-15(3)12-16(19)4/h7-13H,5-6,14H2,1-4H3,(H,23,25). The van der Waals surface area contributed by atoms with Crippen molar-refractivity contribution in [1.82, 2.24) is 4.90 Å². The van der Waals surface area contributed by atoms with E-state index in [0.717, 1.165) is 11.1 Å². The second-order valence-corrected chi connectivity index (χ2v) is 6.50. The Labute approximate surface area is 165 Å². The van der Waals surface area contributed by atoms with E-state index in [1.54, 1.807) is 35.2 Å². The van der Waals surface area contributed by atoms with Crippen LogP contribution in [0.1, 0.15) is 45.7 Å². The van der Waals surface area contributed by atoms with Crippen LogP contribution in [0, 0.1) is 13.8 Å². The largest absolute Gasteiger partial charge is 0.452 e. The van der Waals surface area contributed by atoms with Crippen LogP contribution in [0.4, 0.5) is 5.69 Å². The number of aryl methyl sites for hydroxylation is 2. The lowest BCUT2D eigenvalue weighted by molar-refractivity contribution is -0.119. The smallest absolute Gasteiger partial charge is 0.338 e. The SMILES string of the molecule is CCN(CC)C(=O)c1cccc(NC(=O)COC(=O)c2ccc(C)cc2C)c1. The molecule has 0 unspecified atom stereocenters. The third-order valence-electron chi connectivity index (χ3n) is 4.38. The van der Waals surface area contributed by atoms with Gasteiger partial charge in [-0.1, -0.05) is 23.8 Å². The molecule has 2 rings (SSSR count). The second kappa shape index (κ2) is 9.69. The molecular formula is C22H26N2O4. The molecule has 0 aromatic heterocycles. The number of carbonyl (C=O) groups is 3. The van der Waals surface area contributed by atoms with E-state index < -0.39 is 18.5 Å². The Balaban J connectivity index is 1.97. The van der Waals surface area contributed by atoms with Gasteiger partial charge in [-0.05, 0) is 57.5 Å². The Hall–Kier alpha value is -3.15. The van der Waals surface area contributed by atoms with Crippen LogP contribution in [0.15, 0.2) is 42.5 Å². The summed E-state index contributed by atoms with van der Waals surface area (Å²) in [5.41, 5.74) is 3.25. The number of rotatable bonds is 7. The fourth-order valence-corrected chi connectivity index (χ4v) is 2.87. The number of hydrogen-bond donors (Lipinski definition) is 1. The van der Waals surface area contributed by atoms with Gasteiger partial charge in [0.15, 0.2) is 6.61 Å². The van der Waals surface area contributed by atoms with E-state index in [0.29, 0.717) is 29.9 Å².